The minimum atomic E-state index is -0.256. The van der Waals surface area contributed by atoms with Gasteiger partial charge in [-0.1, -0.05) is 60.1 Å². The van der Waals surface area contributed by atoms with Crippen LogP contribution in [0.25, 0.3) is 10.8 Å². The number of hydrogen-bond donors (Lipinski definition) is 1. The van der Waals surface area contributed by atoms with Crippen molar-refractivity contribution < 1.29 is 14.3 Å². The van der Waals surface area contributed by atoms with Gasteiger partial charge < -0.3 is 9.47 Å². The van der Waals surface area contributed by atoms with Gasteiger partial charge in [0, 0.05) is 5.02 Å². The van der Waals surface area contributed by atoms with Crippen molar-refractivity contribution in [3.05, 3.63) is 106 Å². The van der Waals surface area contributed by atoms with Crippen LogP contribution < -0.4 is 14.9 Å². The van der Waals surface area contributed by atoms with E-state index in [0.717, 1.165) is 27.5 Å². The molecule has 4 aromatic rings. The fourth-order valence-electron chi connectivity index (χ4n) is 3.57. The highest BCUT2D eigenvalue weighted by Gasteiger charge is 2.12. The SMILES string of the molecule is COc1cc(/C=N\NC(=O)c2c(C)ccc3ccccc23)ccc1OCc1cccc(Cl)c1. The maximum atomic E-state index is 12.8. The molecule has 166 valence electrons. The molecule has 0 aromatic heterocycles. The highest BCUT2D eigenvalue weighted by atomic mass is 35.5. The number of fused-ring (bicyclic) bond motifs is 1. The molecule has 1 amide bonds. The Kier molecular flexibility index (Phi) is 6.91. The second kappa shape index (κ2) is 10.2. The molecule has 0 spiro atoms. The summed E-state index contributed by atoms with van der Waals surface area (Å²) in [5.74, 6) is 0.913. The molecule has 0 saturated heterocycles. The number of halogens is 1. The third-order valence-electron chi connectivity index (χ3n) is 5.22. The number of nitrogens with one attached hydrogen (secondary N) is 1. The molecule has 0 saturated carbocycles. The molecule has 0 radical (unpaired) electrons. The number of rotatable bonds is 7. The molecule has 5 nitrogen and oxygen atoms in total. The summed E-state index contributed by atoms with van der Waals surface area (Å²) < 4.78 is 11.3. The minimum absolute atomic E-state index is 0.256. The summed E-state index contributed by atoms with van der Waals surface area (Å²) in [6.07, 6.45) is 1.57. The number of benzene rings is 4. The Hall–Kier alpha value is -3.83. The standard InChI is InChI=1S/C27H23ClN2O3/c1-18-10-12-21-7-3-4-9-23(21)26(18)27(31)30-29-16-19-11-13-24(25(15-19)32-2)33-17-20-6-5-8-22(28)14-20/h3-16H,17H2,1-2H3,(H,30,31)/b29-16-. The molecule has 0 bridgehead atoms. The quantitative estimate of drug-likeness (QED) is 0.267. The van der Waals surface area contributed by atoms with Crippen molar-refractivity contribution in [2.24, 2.45) is 5.10 Å². The smallest absolute Gasteiger partial charge is 0.272 e. The lowest BCUT2D eigenvalue weighted by Gasteiger charge is -2.11. The van der Waals surface area contributed by atoms with E-state index in [2.05, 4.69) is 10.5 Å². The van der Waals surface area contributed by atoms with Crippen molar-refractivity contribution in [1.29, 1.82) is 0 Å². The number of methoxy groups -OCH3 is 1. The Morgan fingerprint density at radius 1 is 1.00 bits per heavy atom. The maximum absolute atomic E-state index is 12.8. The van der Waals surface area contributed by atoms with E-state index in [9.17, 15) is 4.79 Å². The Balaban J connectivity index is 1.45. The predicted octanol–water partition coefficient (Wildman–Crippen LogP) is 6.15. The molecule has 1 N–H and O–H groups in total. The maximum Gasteiger partial charge on any atom is 0.272 e. The molecular formula is C27H23ClN2O3. The lowest BCUT2D eigenvalue weighted by Crippen LogP contribution is -2.19. The highest BCUT2D eigenvalue weighted by molar-refractivity contribution is 6.30. The summed E-state index contributed by atoms with van der Waals surface area (Å²) in [7, 11) is 1.58. The number of amides is 1. The zero-order valence-corrected chi connectivity index (χ0v) is 19.1. The van der Waals surface area contributed by atoms with Crippen LogP contribution in [0.1, 0.15) is 27.0 Å². The monoisotopic (exact) mass is 458 g/mol. The van der Waals surface area contributed by atoms with Crippen LogP contribution in [0.4, 0.5) is 0 Å². The summed E-state index contributed by atoms with van der Waals surface area (Å²) in [4.78, 5) is 12.8. The van der Waals surface area contributed by atoms with Crippen LogP contribution in [0.2, 0.25) is 5.02 Å². The third kappa shape index (κ3) is 5.33. The van der Waals surface area contributed by atoms with E-state index < -0.39 is 0 Å². The van der Waals surface area contributed by atoms with Crippen LogP contribution in [0, 0.1) is 6.92 Å². The molecule has 4 aromatic carbocycles. The molecule has 6 heteroatoms. The largest absolute Gasteiger partial charge is 0.493 e. The molecular weight excluding hydrogens is 436 g/mol. The van der Waals surface area contributed by atoms with Crippen LogP contribution in [-0.2, 0) is 6.61 Å². The normalized spacial score (nSPS) is 11.0. The minimum Gasteiger partial charge on any atom is -0.493 e. The van der Waals surface area contributed by atoms with Gasteiger partial charge in [-0.3, -0.25) is 4.79 Å². The second-order valence-electron chi connectivity index (χ2n) is 7.51. The van der Waals surface area contributed by atoms with E-state index in [-0.39, 0.29) is 5.91 Å². The van der Waals surface area contributed by atoms with Gasteiger partial charge in [-0.15, -0.1) is 0 Å². The van der Waals surface area contributed by atoms with Crippen LogP contribution >= 0.6 is 11.6 Å². The molecule has 0 aliphatic carbocycles. The average molecular weight is 459 g/mol. The Morgan fingerprint density at radius 2 is 1.85 bits per heavy atom. The van der Waals surface area contributed by atoms with Crippen LogP contribution in [0.5, 0.6) is 11.5 Å². The van der Waals surface area contributed by atoms with Crippen LogP contribution in [0.3, 0.4) is 0 Å². The van der Waals surface area contributed by atoms with Crippen LogP contribution in [0.15, 0.2) is 84.0 Å². The average Bonchev–Trinajstić information content (AvgIpc) is 2.83. The number of carbonyl (C=O) groups is 1. The fraction of sp³-hybridized carbons (Fsp3) is 0.111. The summed E-state index contributed by atoms with van der Waals surface area (Å²) in [6.45, 7) is 2.28. The third-order valence-corrected chi connectivity index (χ3v) is 5.45. The number of nitrogens with zero attached hydrogens (tertiary/aromatic N) is 1. The number of ether oxygens (including phenoxy) is 2. The summed E-state index contributed by atoms with van der Waals surface area (Å²) in [5.41, 5.74) is 5.86. The topological polar surface area (TPSA) is 59.9 Å². The summed E-state index contributed by atoms with van der Waals surface area (Å²) >= 11 is 6.03. The van der Waals surface area contributed by atoms with Gasteiger partial charge in [-0.25, -0.2) is 5.43 Å². The van der Waals surface area contributed by atoms with Crippen molar-refractivity contribution >= 4 is 34.5 Å². The lowest BCUT2D eigenvalue weighted by atomic mass is 9.99. The van der Waals surface area contributed by atoms with E-state index in [1.165, 1.54) is 0 Å². The highest BCUT2D eigenvalue weighted by Crippen LogP contribution is 2.28. The first-order chi connectivity index (χ1) is 16.0. The first-order valence-corrected chi connectivity index (χ1v) is 10.8. The first kappa shape index (κ1) is 22.4. The molecule has 4 rings (SSSR count). The van der Waals surface area contributed by atoms with Crippen molar-refractivity contribution in [2.75, 3.05) is 7.11 Å². The van der Waals surface area contributed by atoms with Gasteiger partial charge in [0.25, 0.3) is 5.91 Å². The van der Waals surface area contributed by atoms with E-state index in [0.29, 0.717) is 28.7 Å². The zero-order valence-electron chi connectivity index (χ0n) is 18.3. The molecule has 0 aliphatic rings. The Bertz CT molecular complexity index is 1330. The number of hydrogen-bond acceptors (Lipinski definition) is 4. The van der Waals surface area contributed by atoms with E-state index in [1.807, 2.05) is 73.7 Å². The Morgan fingerprint density at radius 3 is 2.67 bits per heavy atom. The van der Waals surface area contributed by atoms with Crippen molar-refractivity contribution in [3.63, 3.8) is 0 Å². The van der Waals surface area contributed by atoms with Gasteiger partial charge in [0.1, 0.15) is 6.61 Å². The van der Waals surface area contributed by atoms with Gasteiger partial charge >= 0.3 is 0 Å². The number of hydrazone groups is 1. The molecule has 0 atom stereocenters. The lowest BCUT2D eigenvalue weighted by molar-refractivity contribution is 0.0956. The summed E-state index contributed by atoms with van der Waals surface area (Å²) in [6, 6.07) is 24.7. The number of aryl methyl sites for hydroxylation is 1. The van der Waals surface area contributed by atoms with E-state index in [4.69, 9.17) is 21.1 Å². The predicted molar refractivity (Wildman–Crippen MR) is 133 cm³/mol. The van der Waals surface area contributed by atoms with Gasteiger partial charge in [-0.05, 0) is 64.7 Å². The van der Waals surface area contributed by atoms with Gasteiger partial charge in [-0.2, -0.15) is 5.10 Å². The van der Waals surface area contributed by atoms with Gasteiger partial charge in [0.15, 0.2) is 11.5 Å². The zero-order chi connectivity index (χ0) is 23.2. The van der Waals surface area contributed by atoms with Crippen molar-refractivity contribution in [3.8, 4) is 11.5 Å². The Labute approximate surface area is 197 Å². The molecule has 33 heavy (non-hydrogen) atoms. The molecule has 0 aliphatic heterocycles. The number of carbonyl (C=O) groups excluding carboxylic acids is 1. The van der Waals surface area contributed by atoms with Crippen molar-refractivity contribution in [2.45, 2.75) is 13.5 Å². The first-order valence-electron chi connectivity index (χ1n) is 10.4. The van der Waals surface area contributed by atoms with Gasteiger partial charge in [0.05, 0.1) is 18.9 Å². The fourth-order valence-corrected chi connectivity index (χ4v) is 3.79. The van der Waals surface area contributed by atoms with E-state index in [1.54, 1.807) is 25.5 Å². The molecule has 0 unspecified atom stereocenters. The van der Waals surface area contributed by atoms with E-state index >= 15 is 0 Å². The summed E-state index contributed by atoms with van der Waals surface area (Å²) in [5, 5.41) is 6.71. The molecule has 0 fully saturated rings. The van der Waals surface area contributed by atoms with Crippen molar-refractivity contribution in [1.82, 2.24) is 5.43 Å². The van der Waals surface area contributed by atoms with Crippen LogP contribution in [-0.4, -0.2) is 19.2 Å². The van der Waals surface area contributed by atoms with Gasteiger partial charge in [0.2, 0.25) is 0 Å². The second-order valence-corrected chi connectivity index (χ2v) is 7.94. The molecule has 0 heterocycles.